The lowest BCUT2D eigenvalue weighted by atomic mass is 10.1. The van der Waals surface area contributed by atoms with E-state index >= 15 is 0 Å². The maximum atomic E-state index is 12.8. The van der Waals surface area contributed by atoms with Gasteiger partial charge in [0, 0.05) is 0 Å². The monoisotopic (exact) mass is 395 g/mol. The Kier molecular flexibility index (Phi) is 5.59. The molecule has 2 aromatic rings. The van der Waals surface area contributed by atoms with Crippen LogP contribution in [0.4, 0.5) is 10.5 Å². The summed E-state index contributed by atoms with van der Waals surface area (Å²) in [5, 5.41) is 2.15. The topological polar surface area (TPSA) is 128 Å². The Morgan fingerprint density at radius 2 is 1.83 bits per heavy atom. The molecule has 0 aliphatic carbocycles. The fourth-order valence-electron chi connectivity index (χ4n) is 2.68. The highest BCUT2D eigenvalue weighted by Gasteiger charge is 2.36. The first-order chi connectivity index (χ1) is 13.9. The number of imide groups is 2. The first-order valence-electron chi connectivity index (χ1n) is 8.46. The summed E-state index contributed by atoms with van der Waals surface area (Å²) in [6.45, 7) is -0.328. The van der Waals surface area contributed by atoms with E-state index < -0.39 is 23.8 Å². The molecule has 1 saturated heterocycles. The third-order valence-corrected chi connectivity index (χ3v) is 3.98. The Hall–Kier alpha value is -4.14. The molecule has 1 heterocycles. The zero-order chi connectivity index (χ0) is 21.0. The summed E-state index contributed by atoms with van der Waals surface area (Å²) in [4.78, 5) is 49.0. The van der Waals surface area contributed by atoms with E-state index in [0.717, 1.165) is 4.90 Å². The van der Waals surface area contributed by atoms with Gasteiger partial charge in [0.15, 0.2) is 18.1 Å². The van der Waals surface area contributed by atoms with Gasteiger partial charge in [-0.25, -0.2) is 9.69 Å². The van der Waals surface area contributed by atoms with Crippen molar-refractivity contribution in [2.75, 3.05) is 18.6 Å². The summed E-state index contributed by atoms with van der Waals surface area (Å²) in [7, 11) is 1.40. The lowest BCUT2D eigenvalue weighted by Crippen LogP contribution is -2.54. The fourth-order valence-corrected chi connectivity index (χ4v) is 2.68. The van der Waals surface area contributed by atoms with Crippen molar-refractivity contribution in [3.8, 4) is 11.5 Å². The summed E-state index contributed by atoms with van der Waals surface area (Å²) in [5.74, 6) is -1.65. The average molecular weight is 395 g/mol. The van der Waals surface area contributed by atoms with Crippen molar-refractivity contribution in [3.63, 3.8) is 0 Å². The van der Waals surface area contributed by atoms with Gasteiger partial charge in [0.05, 0.1) is 12.8 Å². The maximum Gasteiger partial charge on any atom is 0.335 e. The Balaban J connectivity index is 1.93. The summed E-state index contributed by atoms with van der Waals surface area (Å²) < 4.78 is 10.5. The van der Waals surface area contributed by atoms with Crippen molar-refractivity contribution in [2.45, 2.75) is 0 Å². The largest absolute Gasteiger partial charge is 0.493 e. The number of hydrogen-bond acceptors (Lipinski definition) is 6. The molecule has 0 bridgehead atoms. The molecule has 2 aromatic carbocycles. The first kappa shape index (κ1) is 19.6. The highest BCUT2D eigenvalue weighted by atomic mass is 16.5. The van der Waals surface area contributed by atoms with E-state index in [-0.39, 0.29) is 23.7 Å². The molecule has 0 aromatic heterocycles. The quantitative estimate of drug-likeness (QED) is 0.559. The van der Waals surface area contributed by atoms with Crippen LogP contribution in [0.2, 0.25) is 0 Å². The number of barbiturate groups is 1. The third-order valence-electron chi connectivity index (χ3n) is 3.98. The number of rotatable bonds is 6. The molecule has 1 aliphatic rings. The van der Waals surface area contributed by atoms with E-state index in [4.69, 9.17) is 15.2 Å². The number of nitrogens with two attached hydrogens (primary N) is 1. The van der Waals surface area contributed by atoms with Crippen LogP contribution in [0.1, 0.15) is 5.56 Å². The van der Waals surface area contributed by atoms with E-state index in [1.165, 1.54) is 25.3 Å². The van der Waals surface area contributed by atoms with Crippen molar-refractivity contribution in [3.05, 3.63) is 59.7 Å². The number of para-hydroxylation sites is 1. The zero-order valence-electron chi connectivity index (χ0n) is 15.4. The number of primary amides is 1. The summed E-state index contributed by atoms with van der Waals surface area (Å²) in [6, 6.07) is 12.0. The zero-order valence-corrected chi connectivity index (χ0v) is 15.4. The van der Waals surface area contributed by atoms with Gasteiger partial charge >= 0.3 is 6.03 Å². The number of hydrogen-bond donors (Lipinski definition) is 2. The van der Waals surface area contributed by atoms with Crippen LogP contribution in [0.25, 0.3) is 6.08 Å². The molecular formula is C20H17N3O6. The number of methoxy groups -OCH3 is 1. The summed E-state index contributed by atoms with van der Waals surface area (Å²) in [6.07, 6.45) is 1.33. The number of amides is 5. The van der Waals surface area contributed by atoms with Crippen LogP contribution >= 0.6 is 0 Å². The molecule has 0 radical (unpaired) electrons. The minimum absolute atomic E-state index is 0.221. The number of nitrogens with zero attached hydrogens (tertiary/aromatic N) is 1. The van der Waals surface area contributed by atoms with E-state index in [9.17, 15) is 19.2 Å². The van der Waals surface area contributed by atoms with Crippen molar-refractivity contribution in [2.24, 2.45) is 5.73 Å². The van der Waals surface area contributed by atoms with Crippen molar-refractivity contribution in [1.29, 1.82) is 0 Å². The van der Waals surface area contributed by atoms with Crippen LogP contribution in [0, 0.1) is 0 Å². The lowest BCUT2D eigenvalue weighted by molar-refractivity contribution is -0.123. The first-order valence-corrected chi connectivity index (χ1v) is 8.46. The second kappa shape index (κ2) is 8.26. The van der Waals surface area contributed by atoms with Gasteiger partial charge in [-0.05, 0) is 35.9 Å². The van der Waals surface area contributed by atoms with Gasteiger partial charge < -0.3 is 15.2 Å². The number of benzene rings is 2. The Morgan fingerprint density at radius 3 is 2.48 bits per heavy atom. The Bertz CT molecular complexity index is 1020. The molecule has 9 nitrogen and oxygen atoms in total. The molecule has 0 saturated carbocycles. The Labute approximate surface area is 165 Å². The molecule has 1 aliphatic heterocycles. The number of anilines is 1. The molecule has 5 amide bonds. The predicted octanol–water partition coefficient (Wildman–Crippen LogP) is 1.23. The molecule has 1 fully saturated rings. The third kappa shape index (κ3) is 4.24. The molecular weight excluding hydrogens is 378 g/mol. The summed E-state index contributed by atoms with van der Waals surface area (Å²) in [5.41, 5.74) is 5.63. The van der Waals surface area contributed by atoms with Gasteiger partial charge in [0.2, 0.25) is 0 Å². The number of urea groups is 1. The maximum absolute atomic E-state index is 12.8. The normalized spacial score (nSPS) is 15.3. The van der Waals surface area contributed by atoms with E-state index in [0.29, 0.717) is 11.3 Å². The van der Waals surface area contributed by atoms with Crippen LogP contribution < -0.4 is 25.4 Å². The molecule has 3 rings (SSSR count). The lowest BCUT2D eigenvalue weighted by Gasteiger charge is -2.26. The number of nitrogens with one attached hydrogen (secondary N) is 1. The van der Waals surface area contributed by atoms with Crippen LogP contribution in [0.3, 0.4) is 0 Å². The highest BCUT2D eigenvalue weighted by Crippen LogP contribution is 2.29. The second-order valence-corrected chi connectivity index (χ2v) is 5.96. The van der Waals surface area contributed by atoms with Crippen LogP contribution in [-0.4, -0.2) is 37.5 Å². The fraction of sp³-hybridized carbons (Fsp3) is 0.100. The minimum atomic E-state index is -0.823. The molecule has 0 atom stereocenters. The van der Waals surface area contributed by atoms with E-state index in [1.807, 2.05) is 0 Å². The highest BCUT2D eigenvalue weighted by molar-refractivity contribution is 6.39. The molecule has 0 spiro atoms. The van der Waals surface area contributed by atoms with Gasteiger partial charge in [0.1, 0.15) is 5.57 Å². The van der Waals surface area contributed by atoms with Gasteiger partial charge in [0.25, 0.3) is 17.7 Å². The average Bonchev–Trinajstić information content (AvgIpc) is 2.70. The number of carbonyl (C=O) groups is 4. The van der Waals surface area contributed by atoms with Crippen molar-refractivity contribution in [1.82, 2.24) is 5.32 Å². The predicted molar refractivity (Wildman–Crippen MR) is 103 cm³/mol. The van der Waals surface area contributed by atoms with Gasteiger partial charge in [-0.1, -0.05) is 24.3 Å². The molecule has 3 N–H and O–H groups in total. The van der Waals surface area contributed by atoms with Crippen molar-refractivity contribution < 1.29 is 28.7 Å². The van der Waals surface area contributed by atoms with Crippen LogP contribution in [-0.2, 0) is 14.4 Å². The van der Waals surface area contributed by atoms with Gasteiger partial charge in [-0.2, -0.15) is 0 Å². The number of carbonyl (C=O) groups excluding carboxylic acids is 4. The minimum Gasteiger partial charge on any atom is -0.493 e. The second-order valence-electron chi connectivity index (χ2n) is 5.96. The van der Waals surface area contributed by atoms with Crippen molar-refractivity contribution >= 4 is 35.5 Å². The van der Waals surface area contributed by atoms with Crippen LogP contribution in [0.15, 0.2) is 54.1 Å². The van der Waals surface area contributed by atoms with Crippen LogP contribution in [0.5, 0.6) is 11.5 Å². The standard InChI is InChI=1S/C20H17N3O6/c1-28-16-10-12(7-8-15(16)29-11-17(21)24)9-14-18(25)22-20(27)23(19(14)26)13-5-3-2-4-6-13/h2-10H,11H2,1H3,(H2,21,24)(H,22,25,27)/b14-9+. The number of ether oxygens (including phenoxy) is 2. The molecule has 9 heteroatoms. The van der Waals surface area contributed by atoms with E-state index in [2.05, 4.69) is 5.32 Å². The SMILES string of the molecule is COc1cc(/C=C2\C(=O)NC(=O)N(c3ccccc3)C2=O)ccc1OCC(N)=O. The van der Waals surface area contributed by atoms with Gasteiger partial charge in [-0.15, -0.1) is 0 Å². The van der Waals surface area contributed by atoms with Gasteiger partial charge in [-0.3, -0.25) is 19.7 Å². The Morgan fingerprint density at radius 1 is 1.10 bits per heavy atom. The smallest absolute Gasteiger partial charge is 0.335 e. The molecule has 148 valence electrons. The summed E-state index contributed by atoms with van der Waals surface area (Å²) >= 11 is 0. The van der Waals surface area contributed by atoms with E-state index in [1.54, 1.807) is 36.4 Å². The molecule has 29 heavy (non-hydrogen) atoms. The molecule has 0 unspecified atom stereocenters.